The van der Waals surface area contributed by atoms with Gasteiger partial charge < -0.3 is 58.3 Å². The fourth-order valence-corrected chi connectivity index (χ4v) is 23.9. The lowest BCUT2D eigenvalue weighted by molar-refractivity contribution is 0.185. The Balaban J connectivity index is 0.000000114. The van der Waals surface area contributed by atoms with E-state index in [4.69, 9.17) is 76.8 Å². The molecule has 0 radical (unpaired) electrons. The third-order valence-electron chi connectivity index (χ3n) is 31.7. The summed E-state index contributed by atoms with van der Waals surface area (Å²) in [6.45, 7) is 21.0. The first kappa shape index (κ1) is 86.8. The van der Waals surface area contributed by atoms with Crippen molar-refractivity contribution in [3.05, 3.63) is 198 Å². The molecule has 0 amide bonds. The van der Waals surface area contributed by atoms with Crippen molar-refractivity contribution in [3.63, 3.8) is 0 Å². The van der Waals surface area contributed by atoms with Crippen molar-refractivity contribution in [1.29, 1.82) is 0 Å². The van der Waals surface area contributed by atoms with Gasteiger partial charge in [-0.25, -0.2) is 34.9 Å². The Morgan fingerprint density at radius 2 is 0.714 bits per heavy atom. The molecular formula is C94H121Cl2N25O5. The zero-order chi connectivity index (χ0) is 88.3. The smallest absolute Gasteiger partial charge is 0.264 e. The Kier molecular flexibility index (Phi) is 23.6. The minimum absolute atomic E-state index is 0.00157. The summed E-state index contributed by atoms with van der Waals surface area (Å²) in [4.78, 5) is 115. The van der Waals surface area contributed by atoms with E-state index in [0.29, 0.717) is 154 Å². The van der Waals surface area contributed by atoms with Crippen LogP contribution in [0.5, 0.6) is 0 Å². The summed E-state index contributed by atoms with van der Waals surface area (Å²) in [5, 5.41) is 10.8. The Morgan fingerprint density at radius 1 is 0.389 bits per heavy atom. The number of hydrogen-bond acceptors (Lipinski definition) is 26. The van der Waals surface area contributed by atoms with Crippen molar-refractivity contribution in [1.82, 2.24) is 53.2 Å². The number of aryl methyl sites for hydroxylation is 1. The number of pyridine rings is 3. The van der Waals surface area contributed by atoms with Crippen LogP contribution >= 0.6 is 23.2 Å². The first-order valence-corrected chi connectivity index (χ1v) is 46.3. The Labute approximate surface area is 745 Å². The quantitative estimate of drug-likeness (QED) is 0.0734. The van der Waals surface area contributed by atoms with Crippen LogP contribution in [0, 0.1) is 52.3 Å². The van der Waals surface area contributed by atoms with Crippen molar-refractivity contribution in [2.24, 2.45) is 116 Å². The molecular weight excluding hydrogens is 1630 g/mol. The lowest BCUT2D eigenvalue weighted by Gasteiger charge is -2.43. The van der Waals surface area contributed by atoms with Gasteiger partial charge in [0, 0.05) is 159 Å². The molecule has 9 fully saturated rings. The second-order valence-electron chi connectivity index (χ2n) is 38.7. The SMILES string of the molecule is C[C@@H]1CCC2(CCN(c3nc4c(c(=O)n3C)C(c3ccnc(Cl)c3)=NC4)CC2)[C@@H]1N.C[C@@H]1CCC2(CCN(c3nc4c(c(=O)n3C)C(c3ccnc(N)c3)=NC4)CC2)[C@@H]1N.C[C@@H]1CCC2(CCN(c3nc4c(c(=O)n3C)C(c3ccnc(N5CC[C@@H](O)C5)c3Cl)=NC4)CC2)[C@@H]1N.Cc1ccc(C2=NCc3nc(N4CCC5(CC[C@@H](C)[C@H]5N)CC4)n(C)c(=O)c32)cc1. The summed E-state index contributed by atoms with van der Waals surface area (Å²) in [6.07, 6.45) is 23.4. The number of nitrogens with zero attached hydrogens (tertiary/aromatic N) is 20. The van der Waals surface area contributed by atoms with Gasteiger partial charge in [0.25, 0.3) is 22.2 Å². The molecule has 30 nitrogen and oxygen atoms in total. The van der Waals surface area contributed by atoms with E-state index in [2.05, 4.69) is 96.3 Å². The van der Waals surface area contributed by atoms with Gasteiger partial charge in [0.2, 0.25) is 23.8 Å². The lowest BCUT2D eigenvalue weighted by Crippen LogP contribution is -2.49. The second-order valence-corrected chi connectivity index (χ2v) is 39.5. The lowest BCUT2D eigenvalue weighted by atomic mass is 9.73. The summed E-state index contributed by atoms with van der Waals surface area (Å²) >= 11 is 12.8. The van der Waals surface area contributed by atoms with E-state index < -0.39 is 0 Å². The van der Waals surface area contributed by atoms with Crippen LogP contribution in [0.4, 0.5) is 35.4 Å². The number of halogens is 2. The van der Waals surface area contributed by atoms with E-state index in [1.165, 1.54) is 56.9 Å². The van der Waals surface area contributed by atoms with E-state index in [1.54, 1.807) is 76.2 Å². The van der Waals surface area contributed by atoms with Crippen LogP contribution in [-0.4, -0.2) is 177 Å². The van der Waals surface area contributed by atoms with Crippen molar-refractivity contribution >= 4 is 81.5 Å². The van der Waals surface area contributed by atoms with E-state index in [9.17, 15) is 24.3 Å². The zero-order valence-corrected chi connectivity index (χ0v) is 75.7. The van der Waals surface area contributed by atoms with E-state index in [1.807, 2.05) is 36.2 Å². The summed E-state index contributed by atoms with van der Waals surface area (Å²) in [5.41, 5.74) is 45.3. The topological polar surface area (TPSA) is 394 Å². The molecule has 9 aliphatic heterocycles. The van der Waals surface area contributed by atoms with Crippen LogP contribution in [0.25, 0.3) is 0 Å². The van der Waals surface area contributed by atoms with Gasteiger partial charge in [-0.15, -0.1) is 0 Å². The van der Waals surface area contributed by atoms with E-state index >= 15 is 0 Å². The molecule has 1 aromatic carbocycles. The molecule has 13 aliphatic rings. The summed E-state index contributed by atoms with van der Waals surface area (Å²) in [5.74, 6) is 6.34. The first-order chi connectivity index (χ1) is 60.5. The van der Waals surface area contributed by atoms with Crippen LogP contribution in [0.1, 0.15) is 210 Å². The van der Waals surface area contributed by atoms with Crippen molar-refractivity contribution < 1.29 is 5.11 Å². The fourth-order valence-electron chi connectivity index (χ4n) is 23.4. The third kappa shape index (κ3) is 15.5. The highest BCUT2D eigenvalue weighted by atomic mass is 35.5. The van der Waals surface area contributed by atoms with Gasteiger partial charge in [0.15, 0.2) is 0 Å². The standard InChI is InChI=1S/C26H34ClN7O2.C24H31N5O.C22H27ClN6O.C22H29N7O/c1-15-3-6-26(22(15)28)7-11-33(12-8-26)25-31-18-13-30-21(19(18)24(36)32(25)2)17-4-9-29-23(20(17)27)34-10-5-16(35)14-34;1-15-4-6-17(7-5-15)20-19-18(14-26-20)27-23(28(3)22(19)30)29-12-10-24(11-13-29)9-8-16(2)21(24)25;2*1-13-3-5-22(19(13)24)6-9-29(10-7-22)21-27-15-12-26-18(17(15)20(30)28(21)2)14-4-8-25-16(23)11-14/h4,9,15-16,22,35H,3,5-8,10-14,28H2,1-2H3;4-7,16,21H,8-14,25H2,1-3H3;4,8,11,13,19H,3,5-7,9-10,12,24H2,1-2H3;4,8,11,13,19H,3,5-7,9-10,12,24H2,1-2H3,(H2,23,25)/t15-,16-,22-;16-,21-;2*13-,19-/m1111/s1. The van der Waals surface area contributed by atoms with E-state index in [-0.39, 0.29) is 68.1 Å². The minimum atomic E-state index is -0.386. The van der Waals surface area contributed by atoms with Gasteiger partial charge >= 0.3 is 0 Å². The number of aliphatic imine (C=N–C) groups is 4. The Hall–Kier alpha value is -9.95. The average molecular weight is 1750 g/mol. The number of hydrogen-bond donors (Lipinski definition) is 6. The van der Waals surface area contributed by atoms with Crippen molar-refractivity contribution in [3.8, 4) is 0 Å². The summed E-state index contributed by atoms with van der Waals surface area (Å²) < 4.78 is 6.70. The maximum atomic E-state index is 13.6. The summed E-state index contributed by atoms with van der Waals surface area (Å²) in [7, 11) is 7.23. The third-order valence-corrected chi connectivity index (χ3v) is 32.3. The molecule has 0 bridgehead atoms. The number of piperidine rings is 4. The first-order valence-electron chi connectivity index (χ1n) is 45.6. The number of β-amino-alcohol motifs (C(OH)–C–C–N with tert-alkyl or cyclic N) is 1. The zero-order valence-electron chi connectivity index (χ0n) is 74.2. The predicted octanol–water partition coefficient (Wildman–Crippen LogP) is 8.85. The van der Waals surface area contributed by atoms with Crippen LogP contribution in [0.15, 0.2) is 112 Å². The largest absolute Gasteiger partial charge is 0.391 e. The molecule has 11 N–H and O–H groups in total. The number of fused-ring (bicyclic) bond motifs is 4. The van der Waals surface area contributed by atoms with Gasteiger partial charge in [-0.3, -0.25) is 57.4 Å². The van der Waals surface area contributed by atoms with Crippen LogP contribution in [0.2, 0.25) is 10.2 Å². The maximum Gasteiger partial charge on any atom is 0.264 e. The molecule has 4 saturated carbocycles. The number of aliphatic hydroxyl groups is 1. The van der Waals surface area contributed by atoms with Crippen molar-refractivity contribution in [2.45, 2.75) is 200 Å². The van der Waals surface area contributed by atoms with Crippen LogP contribution in [-0.2, 0) is 54.4 Å². The molecule has 0 unspecified atom stereocenters. The minimum Gasteiger partial charge on any atom is -0.391 e. The highest BCUT2D eigenvalue weighted by molar-refractivity contribution is 6.38. The number of benzene rings is 1. The van der Waals surface area contributed by atoms with Gasteiger partial charge in [0.05, 0.1) is 105 Å². The molecule has 7 aromatic heterocycles. The van der Waals surface area contributed by atoms with Crippen LogP contribution < -0.4 is 75.4 Å². The maximum absolute atomic E-state index is 13.6. The number of rotatable bonds is 9. The molecule has 666 valence electrons. The fraction of sp³-hybridized carbons (Fsp3) is 0.564. The molecule has 126 heavy (non-hydrogen) atoms. The predicted molar refractivity (Wildman–Crippen MR) is 497 cm³/mol. The second kappa shape index (κ2) is 34.2. The van der Waals surface area contributed by atoms with Gasteiger partial charge in [-0.05, 0) is 192 Å². The number of nitrogen functional groups attached to an aromatic ring is 1. The van der Waals surface area contributed by atoms with Gasteiger partial charge in [-0.1, -0.05) is 80.7 Å². The molecule has 8 aromatic rings. The number of nitrogens with two attached hydrogens (primary N) is 5. The Morgan fingerprint density at radius 3 is 1.04 bits per heavy atom. The monoisotopic (exact) mass is 1750 g/mol. The van der Waals surface area contributed by atoms with Crippen LogP contribution in [0.3, 0.4) is 0 Å². The highest BCUT2D eigenvalue weighted by Crippen LogP contribution is 2.53. The number of aromatic nitrogens is 11. The van der Waals surface area contributed by atoms with Gasteiger partial charge in [-0.2, -0.15) is 0 Å². The molecule has 5 saturated heterocycles. The number of anilines is 6. The highest BCUT2D eigenvalue weighted by Gasteiger charge is 2.51. The van der Waals surface area contributed by atoms with Gasteiger partial charge in [0.1, 0.15) is 16.8 Å². The molecule has 16 heterocycles. The molecule has 4 aliphatic carbocycles. The Bertz CT molecular complexity index is 5770. The normalized spacial score (nSPS) is 25.6. The van der Waals surface area contributed by atoms with Crippen molar-refractivity contribution in [2.75, 3.05) is 95.7 Å². The van der Waals surface area contributed by atoms with E-state index in [0.717, 1.165) is 161 Å². The molecule has 9 atom stereocenters. The summed E-state index contributed by atoms with van der Waals surface area (Å²) in [6, 6.07) is 18.2. The average Bonchev–Trinajstić information content (AvgIpc) is 1.69. The molecule has 21 rings (SSSR count). The molecule has 4 spiro atoms. The molecule has 32 heteroatoms. The number of aliphatic hydroxyl groups excluding tert-OH is 1.